The normalized spacial score (nSPS) is 11.8. The average molecular weight is 501 g/mol. The van der Waals surface area contributed by atoms with Gasteiger partial charge in [0.1, 0.15) is 18.2 Å². The number of benzene rings is 5. The highest BCUT2D eigenvalue weighted by molar-refractivity contribution is 6.10. The number of rotatable bonds is 1. The van der Waals surface area contributed by atoms with Gasteiger partial charge in [-0.1, -0.05) is 103 Å². The summed E-state index contributed by atoms with van der Waals surface area (Å²) in [4.78, 5) is 0. The number of nitrogens with zero attached hydrogens (tertiary/aromatic N) is 1. The summed E-state index contributed by atoms with van der Waals surface area (Å²) in [7, 11) is 2.15. The van der Waals surface area contributed by atoms with Crippen LogP contribution in [-0.2, 0) is 7.05 Å². The van der Waals surface area contributed by atoms with Gasteiger partial charge in [0.25, 0.3) is 0 Å². The van der Waals surface area contributed by atoms with Crippen LogP contribution in [0.4, 0.5) is 0 Å². The third-order valence-corrected chi connectivity index (χ3v) is 8.23. The van der Waals surface area contributed by atoms with Crippen LogP contribution in [0.15, 0.2) is 126 Å². The van der Waals surface area contributed by atoms with E-state index in [1.165, 1.54) is 50.1 Å². The molecule has 0 fully saturated rings. The van der Waals surface area contributed by atoms with E-state index in [9.17, 15) is 0 Å². The number of fused-ring (bicyclic) bond motifs is 11. The van der Waals surface area contributed by atoms with Crippen molar-refractivity contribution in [3.63, 3.8) is 0 Å². The zero-order chi connectivity index (χ0) is 26.1. The van der Waals surface area contributed by atoms with Gasteiger partial charge in [0.15, 0.2) is 6.20 Å². The third kappa shape index (κ3) is 3.18. The minimum Gasteiger partial charge on any atom is -0.455 e. The fraction of sp³-hybridized carbons (Fsp3) is 0.0541. The lowest BCUT2D eigenvalue weighted by molar-refractivity contribution is -0.659. The molecule has 0 atom stereocenters. The monoisotopic (exact) mass is 500 g/mol. The second-order valence-corrected chi connectivity index (χ2v) is 10.5. The number of aryl methyl sites for hydroxylation is 2. The molecule has 0 amide bonds. The molecule has 2 nitrogen and oxygen atoms in total. The first-order chi connectivity index (χ1) is 19.2. The van der Waals surface area contributed by atoms with Crippen molar-refractivity contribution in [2.24, 2.45) is 7.05 Å². The number of hydrogen-bond acceptors (Lipinski definition) is 1. The van der Waals surface area contributed by atoms with Crippen molar-refractivity contribution < 1.29 is 8.98 Å². The molecule has 0 saturated carbocycles. The van der Waals surface area contributed by atoms with Gasteiger partial charge < -0.3 is 4.42 Å². The molecule has 2 heteroatoms. The standard InChI is InChI=1S/C37H26NO/c1-23-19-20-31-30-17-9-10-18-35(30)39-37(31)36(23)34-21-32-28-15-7-5-13-26(28)24-11-3-4-12-25(24)27-14-6-8-16-29(27)33(32)22-38(34)2/h3-22H,1-2H3/q+1. The molecule has 7 aromatic rings. The topological polar surface area (TPSA) is 17.0 Å². The summed E-state index contributed by atoms with van der Waals surface area (Å²) >= 11 is 0. The van der Waals surface area contributed by atoms with Crippen LogP contribution in [0.5, 0.6) is 0 Å². The molecule has 0 bridgehead atoms. The lowest BCUT2D eigenvalue weighted by Crippen LogP contribution is -2.31. The summed E-state index contributed by atoms with van der Waals surface area (Å²) in [5.74, 6) is 0. The first-order valence-electron chi connectivity index (χ1n) is 13.4. The molecule has 2 aromatic heterocycles. The molecule has 2 heterocycles. The maximum atomic E-state index is 6.52. The Bertz CT molecular complexity index is 2100. The molecule has 0 unspecified atom stereocenters. The second-order valence-electron chi connectivity index (χ2n) is 10.5. The Kier molecular flexibility index (Phi) is 4.68. The Morgan fingerprint density at radius 2 is 1.03 bits per heavy atom. The zero-order valence-electron chi connectivity index (χ0n) is 21.9. The van der Waals surface area contributed by atoms with Gasteiger partial charge in [0.2, 0.25) is 5.69 Å². The first kappa shape index (κ1) is 22.1. The lowest BCUT2D eigenvalue weighted by atomic mass is 9.81. The van der Waals surface area contributed by atoms with E-state index in [2.05, 4.69) is 134 Å². The van der Waals surface area contributed by atoms with Gasteiger partial charge in [-0.2, -0.15) is 0 Å². The van der Waals surface area contributed by atoms with Crippen LogP contribution in [0.25, 0.3) is 77.7 Å². The molecule has 39 heavy (non-hydrogen) atoms. The Hall–Kier alpha value is -4.95. The van der Waals surface area contributed by atoms with Gasteiger partial charge in [0, 0.05) is 22.4 Å². The van der Waals surface area contributed by atoms with Gasteiger partial charge in [-0.15, -0.1) is 0 Å². The molecule has 1 aliphatic carbocycles. The molecule has 0 saturated heterocycles. The van der Waals surface area contributed by atoms with Crippen molar-refractivity contribution in [2.45, 2.75) is 6.92 Å². The molecule has 8 rings (SSSR count). The van der Waals surface area contributed by atoms with Crippen molar-refractivity contribution in [1.82, 2.24) is 0 Å². The fourth-order valence-electron chi connectivity index (χ4n) is 6.40. The first-order valence-corrected chi connectivity index (χ1v) is 13.4. The summed E-state index contributed by atoms with van der Waals surface area (Å²) in [6, 6.07) is 41.5. The highest BCUT2D eigenvalue weighted by Crippen LogP contribution is 2.48. The van der Waals surface area contributed by atoms with Gasteiger partial charge in [-0.25, -0.2) is 4.57 Å². The van der Waals surface area contributed by atoms with E-state index in [1.54, 1.807) is 0 Å². The minimum atomic E-state index is 0.920. The maximum Gasteiger partial charge on any atom is 0.217 e. The summed E-state index contributed by atoms with van der Waals surface area (Å²) in [6.45, 7) is 2.18. The van der Waals surface area contributed by atoms with Crippen LogP contribution in [0, 0.1) is 6.92 Å². The highest BCUT2D eigenvalue weighted by atomic mass is 16.3. The lowest BCUT2D eigenvalue weighted by Gasteiger charge is -2.22. The predicted octanol–water partition coefficient (Wildman–Crippen LogP) is 9.37. The van der Waals surface area contributed by atoms with E-state index in [-0.39, 0.29) is 0 Å². The van der Waals surface area contributed by atoms with E-state index >= 15 is 0 Å². The average Bonchev–Trinajstić information content (AvgIpc) is 3.35. The fourth-order valence-corrected chi connectivity index (χ4v) is 6.40. The molecule has 5 aromatic carbocycles. The molecular formula is C37H26NO+. The summed E-state index contributed by atoms with van der Waals surface area (Å²) < 4.78 is 8.79. The largest absolute Gasteiger partial charge is 0.455 e. The Morgan fingerprint density at radius 1 is 0.513 bits per heavy atom. The second kappa shape index (κ2) is 8.28. The van der Waals surface area contributed by atoms with Crippen molar-refractivity contribution >= 4 is 21.9 Å². The van der Waals surface area contributed by atoms with E-state index in [0.717, 1.165) is 33.2 Å². The molecule has 0 spiro atoms. The van der Waals surface area contributed by atoms with Crippen molar-refractivity contribution in [3.8, 4) is 55.8 Å². The molecular weight excluding hydrogens is 474 g/mol. The van der Waals surface area contributed by atoms with Crippen LogP contribution in [0.1, 0.15) is 5.56 Å². The van der Waals surface area contributed by atoms with E-state index in [4.69, 9.17) is 4.42 Å². The van der Waals surface area contributed by atoms with Crippen LogP contribution < -0.4 is 4.57 Å². The SMILES string of the molecule is Cc1ccc2c(oc3ccccc32)c1-c1cc2c(c[n+]1C)-c1ccccc1-c1ccccc1-c1ccccc1-2. The van der Waals surface area contributed by atoms with Crippen LogP contribution >= 0.6 is 0 Å². The summed E-state index contributed by atoms with van der Waals surface area (Å²) in [5.41, 5.74) is 15.3. The molecule has 0 radical (unpaired) electrons. The number of furan rings is 1. The third-order valence-electron chi connectivity index (χ3n) is 8.23. The van der Waals surface area contributed by atoms with Gasteiger partial charge in [-0.3, -0.25) is 0 Å². The number of aromatic nitrogens is 1. The predicted molar refractivity (Wildman–Crippen MR) is 160 cm³/mol. The van der Waals surface area contributed by atoms with Crippen molar-refractivity contribution in [1.29, 1.82) is 0 Å². The minimum absolute atomic E-state index is 0.920. The maximum absolute atomic E-state index is 6.52. The van der Waals surface area contributed by atoms with Crippen molar-refractivity contribution in [3.05, 3.63) is 127 Å². The van der Waals surface area contributed by atoms with Gasteiger partial charge in [-0.05, 0) is 51.9 Å². The van der Waals surface area contributed by atoms with Gasteiger partial charge in [0.05, 0.1) is 11.1 Å². The molecule has 0 aliphatic heterocycles. The smallest absolute Gasteiger partial charge is 0.217 e. The molecule has 0 N–H and O–H groups in total. The van der Waals surface area contributed by atoms with E-state index in [0.29, 0.717) is 0 Å². The number of para-hydroxylation sites is 1. The summed E-state index contributed by atoms with van der Waals surface area (Å²) in [6.07, 6.45) is 2.30. The van der Waals surface area contributed by atoms with Crippen LogP contribution in [0.3, 0.4) is 0 Å². The van der Waals surface area contributed by atoms with Gasteiger partial charge >= 0.3 is 0 Å². The Morgan fingerprint density at radius 3 is 1.64 bits per heavy atom. The van der Waals surface area contributed by atoms with E-state index < -0.39 is 0 Å². The molecule has 184 valence electrons. The van der Waals surface area contributed by atoms with E-state index in [1.807, 2.05) is 6.07 Å². The summed E-state index contributed by atoms with van der Waals surface area (Å²) in [5, 5.41) is 2.30. The molecule has 1 aliphatic rings. The Labute approximate surface area is 227 Å². The number of hydrogen-bond donors (Lipinski definition) is 0. The van der Waals surface area contributed by atoms with Crippen LogP contribution in [0.2, 0.25) is 0 Å². The highest BCUT2D eigenvalue weighted by Gasteiger charge is 2.27. The van der Waals surface area contributed by atoms with Crippen LogP contribution in [-0.4, -0.2) is 0 Å². The van der Waals surface area contributed by atoms with Crippen molar-refractivity contribution in [2.75, 3.05) is 0 Å². The zero-order valence-corrected chi connectivity index (χ0v) is 21.9. The number of pyridine rings is 1. The Balaban J connectivity index is 1.50. The quantitative estimate of drug-likeness (QED) is 0.205.